The molecule has 1 rings (SSSR count). The molecule has 5 heteroatoms. The van der Waals surface area contributed by atoms with Crippen molar-refractivity contribution in [3.8, 4) is 0 Å². The summed E-state index contributed by atoms with van der Waals surface area (Å²) in [6.07, 6.45) is -2.85. The van der Waals surface area contributed by atoms with Crippen LogP contribution in [0.1, 0.15) is 15.9 Å². The van der Waals surface area contributed by atoms with Gasteiger partial charge in [-0.05, 0) is 5.56 Å². The van der Waals surface area contributed by atoms with E-state index in [9.17, 15) is 18.4 Å². The molecule has 3 nitrogen and oxygen atoms in total. The summed E-state index contributed by atoms with van der Waals surface area (Å²) >= 11 is 0. The van der Waals surface area contributed by atoms with Crippen molar-refractivity contribution in [2.75, 3.05) is 0 Å². The van der Waals surface area contributed by atoms with Crippen molar-refractivity contribution in [2.45, 2.75) is 12.8 Å². The van der Waals surface area contributed by atoms with Crippen LogP contribution in [-0.4, -0.2) is 23.3 Å². The van der Waals surface area contributed by atoms with E-state index in [0.29, 0.717) is 5.56 Å². The Bertz CT molecular complexity index is 371. The molecule has 0 spiro atoms. The predicted molar refractivity (Wildman–Crippen MR) is 48.1 cm³/mol. The van der Waals surface area contributed by atoms with Crippen molar-refractivity contribution in [3.63, 3.8) is 0 Å². The van der Waals surface area contributed by atoms with E-state index in [0.717, 1.165) is 0 Å². The third-order valence-electron chi connectivity index (χ3n) is 1.80. The maximum atomic E-state index is 11.9. The average Bonchev–Trinajstić information content (AvgIpc) is 2.17. The first-order valence-corrected chi connectivity index (χ1v) is 4.15. The van der Waals surface area contributed by atoms with E-state index in [4.69, 9.17) is 5.11 Å². The number of hydrogen-bond donors (Lipinski definition) is 1. The van der Waals surface area contributed by atoms with E-state index in [1.165, 1.54) is 24.3 Å². The van der Waals surface area contributed by atoms with Crippen LogP contribution in [0, 0.1) is 0 Å². The van der Waals surface area contributed by atoms with Gasteiger partial charge >= 0.3 is 5.97 Å². The number of aliphatic carboxylic acids is 1. The standard InChI is InChI=1S/C10H8F2O3/c11-8(12)5-6-1-3-7(4-2-6)9(13)10(14)15/h1-4,8H,5H2,(H,14,15). The Kier molecular flexibility index (Phi) is 3.49. The van der Waals surface area contributed by atoms with Gasteiger partial charge in [0.15, 0.2) is 0 Å². The van der Waals surface area contributed by atoms with Crippen LogP contribution in [-0.2, 0) is 11.2 Å². The third kappa shape index (κ3) is 3.12. The maximum absolute atomic E-state index is 11.9. The van der Waals surface area contributed by atoms with Gasteiger partial charge in [-0.2, -0.15) is 0 Å². The van der Waals surface area contributed by atoms with Crippen LogP contribution in [0.15, 0.2) is 24.3 Å². The highest BCUT2D eigenvalue weighted by atomic mass is 19.3. The summed E-state index contributed by atoms with van der Waals surface area (Å²) in [5.74, 6) is -2.60. The van der Waals surface area contributed by atoms with Crippen LogP contribution in [0.3, 0.4) is 0 Å². The zero-order chi connectivity index (χ0) is 11.4. The number of hydrogen-bond acceptors (Lipinski definition) is 2. The fourth-order valence-corrected chi connectivity index (χ4v) is 1.09. The summed E-state index contributed by atoms with van der Waals surface area (Å²) in [5, 5.41) is 8.38. The maximum Gasteiger partial charge on any atom is 0.377 e. The zero-order valence-electron chi connectivity index (χ0n) is 7.61. The fourth-order valence-electron chi connectivity index (χ4n) is 1.09. The number of rotatable bonds is 4. The molecule has 0 aromatic heterocycles. The molecule has 1 aromatic rings. The first-order chi connectivity index (χ1) is 7.00. The Labute approximate surface area is 84.3 Å². The molecule has 0 heterocycles. The molecule has 1 aromatic carbocycles. The predicted octanol–water partition coefficient (Wildman–Crippen LogP) is 1.76. The van der Waals surface area contributed by atoms with Crippen molar-refractivity contribution in [2.24, 2.45) is 0 Å². The van der Waals surface area contributed by atoms with E-state index in [-0.39, 0.29) is 5.56 Å². The lowest BCUT2D eigenvalue weighted by atomic mass is 10.1. The molecule has 0 aliphatic carbocycles. The molecule has 0 saturated carbocycles. The summed E-state index contributed by atoms with van der Waals surface area (Å²) in [6, 6.07) is 5.10. The Morgan fingerprint density at radius 1 is 1.20 bits per heavy atom. The second-order valence-corrected chi connectivity index (χ2v) is 2.93. The number of carboxylic acids is 1. The van der Waals surface area contributed by atoms with Gasteiger partial charge in [-0.15, -0.1) is 0 Å². The average molecular weight is 214 g/mol. The lowest BCUT2D eigenvalue weighted by Gasteiger charge is -2.01. The molecule has 0 saturated heterocycles. The monoisotopic (exact) mass is 214 g/mol. The van der Waals surface area contributed by atoms with Gasteiger partial charge in [-0.1, -0.05) is 24.3 Å². The molecule has 0 radical (unpaired) electrons. The topological polar surface area (TPSA) is 54.4 Å². The van der Waals surface area contributed by atoms with Gasteiger partial charge < -0.3 is 5.11 Å². The number of carboxylic acid groups (broad SMARTS) is 1. The van der Waals surface area contributed by atoms with E-state index < -0.39 is 24.6 Å². The molecule has 0 bridgehead atoms. The molecule has 80 valence electrons. The van der Waals surface area contributed by atoms with E-state index in [2.05, 4.69) is 0 Å². The molecular formula is C10H8F2O3. The first kappa shape index (κ1) is 11.3. The van der Waals surface area contributed by atoms with Crippen molar-refractivity contribution >= 4 is 11.8 Å². The van der Waals surface area contributed by atoms with Gasteiger partial charge in [0.25, 0.3) is 5.78 Å². The molecule has 0 amide bonds. The van der Waals surface area contributed by atoms with Gasteiger partial charge in [-0.25, -0.2) is 13.6 Å². The molecule has 0 fully saturated rings. The summed E-state index contributed by atoms with van der Waals surface area (Å²) < 4.78 is 23.9. The highest BCUT2D eigenvalue weighted by Gasteiger charge is 2.14. The smallest absolute Gasteiger partial charge is 0.377 e. The minimum absolute atomic E-state index is 0.0134. The number of benzene rings is 1. The van der Waals surface area contributed by atoms with Crippen LogP contribution in [0.5, 0.6) is 0 Å². The Morgan fingerprint density at radius 2 is 1.73 bits per heavy atom. The number of halogens is 2. The van der Waals surface area contributed by atoms with E-state index >= 15 is 0 Å². The third-order valence-corrected chi connectivity index (χ3v) is 1.80. The summed E-state index contributed by atoms with van der Waals surface area (Å²) in [7, 11) is 0. The quantitative estimate of drug-likeness (QED) is 0.613. The second kappa shape index (κ2) is 4.63. The fraction of sp³-hybridized carbons (Fsp3) is 0.200. The Morgan fingerprint density at radius 3 is 2.13 bits per heavy atom. The largest absolute Gasteiger partial charge is 0.475 e. The number of Topliss-reactive ketones (excluding diaryl/α,β-unsaturated/α-hetero) is 1. The first-order valence-electron chi connectivity index (χ1n) is 4.15. The Balaban J connectivity index is 2.81. The molecular weight excluding hydrogens is 206 g/mol. The van der Waals surface area contributed by atoms with Gasteiger partial charge in [0.1, 0.15) is 0 Å². The van der Waals surface area contributed by atoms with E-state index in [1.807, 2.05) is 0 Å². The number of carbonyl (C=O) groups excluding carboxylic acids is 1. The lowest BCUT2D eigenvalue weighted by molar-refractivity contribution is -0.131. The highest BCUT2D eigenvalue weighted by Crippen LogP contribution is 2.09. The summed E-state index contributed by atoms with van der Waals surface area (Å²) in [4.78, 5) is 21.2. The van der Waals surface area contributed by atoms with Gasteiger partial charge in [0, 0.05) is 12.0 Å². The van der Waals surface area contributed by atoms with Crippen LogP contribution in [0.2, 0.25) is 0 Å². The minimum atomic E-state index is -2.45. The SMILES string of the molecule is O=C(O)C(=O)c1ccc(CC(F)F)cc1. The Hall–Kier alpha value is -1.78. The van der Waals surface area contributed by atoms with Crippen LogP contribution in [0.4, 0.5) is 8.78 Å². The lowest BCUT2D eigenvalue weighted by Crippen LogP contribution is -2.12. The molecule has 0 unspecified atom stereocenters. The molecule has 0 atom stereocenters. The van der Waals surface area contributed by atoms with Crippen molar-refractivity contribution in [3.05, 3.63) is 35.4 Å². The van der Waals surface area contributed by atoms with Gasteiger partial charge in [-0.3, -0.25) is 4.79 Å². The highest BCUT2D eigenvalue weighted by molar-refractivity contribution is 6.39. The van der Waals surface area contributed by atoms with Crippen LogP contribution >= 0.6 is 0 Å². The van der Waals surface area contributed by atoms with E-state index in [1.54, 1.807) is 0 Å². The molecule has 0 aliphatic heterocycles. The van der Waals surface area contributed by atoms with Crippen molar-refractivity contribution in [1.29, 1.82) is 0 Å². The van der Waals surface area contributed by atoms with Gasteiger partial charge in [0.2, 0.25) is 6.43 Å². The summed E-state index contributed by atoms with van der Waals surface area (Å²) in [5.41, 5.74) is 0.354. The van der Waals surface area contributed by atoms with Crippen LogP contribution < -0.4 is 0 Å². The molecule has 1 N–H and O–H groups in total. The minimum Gasteiger partial charge on any atom is -0.475 e. The number of carbonyl (C=O) groups is 2. The molecule has 15 heavy (non-hydrogen) atoms. The summed E-state index contributed by atoms with van der Waals surface area (Å²) in [6.45, 7) is 0. The van der Waals surface area contributed by atoms with Gasteiger partial charge in [0.05, 0.1) is 0 Å². The number of alkyl halides is 2. The number of ketones is 1. The normalized spacial score (nSPS) is 10.3. The molecule has 0 aliphatic rings. The zero-order valence-corrected chi connectivity index (χ0v) is 7.61. The van der Waals surface area contributed by atoms with Crippen molar-refractivity contribution < 1.29 is 23.5 Å². The van der Waals surface area contributed by atoms with Crippen molar-refractivity contribution in [1.82, 2.24) is 0 Å². The second-order valence-electron chi connectivity index (χ2n) is 2.93. The van der Waals surface area contributed by atoms with Crippen LogP contribution in [0.25, 0.3) is 0 Å².